The van der Waals surface area contributed by atoms with E-state index >= 15 is 0 Å². The Kier molecular flexibility index (Phi) is 6.47. The second kappa shape index (κ2) is 9.14. The molecule has 3 aliphatic heterocycles. The van der Waals surface area contributed by atoms with Crippen molar-refractivity contribution < 1.29 is 14.2 Å². The van der Waals surface area contributed by atoms with Gasteiger partial charge in [0.05, 0.1) is 19.6 Å². The van der Waals surface area contributed by atoms with Gasteiger partial charge in [0, 0.05) is 44.3 Å². The van der Waals surface area contributed by atoms with E-state index in [-0.39, 0.29) is 11.9 Å². The number of thioether (sulfide) groups is 1. The number of guanidine groups is 1. The lowest BCUT2D eigenvalue weighted by Gasteiger charge is -2.33. The van der Waals surface area contributed by atoms with Crippen molar-refractivity contribution in [3.8, 4) is 0 Å². The van der Waals surface area contributed by atoms with Crippen molar-refractivity contribution in [2.75, 3.05) is 59.1 Å². The van der Waals surface area contributed by atoms with Crippen LogP contribution in [0.1, 0.15) is 18.3 Å². The van der Waals surface area contributed by atoms with Crippen molar-refractivity contribution in [3.05, 3.63) is 17.5 Å². The number of aromatic nitrogens is 2. The van der Waals surface area contributed by atoms with Crippen molar-refractivity contribution in [1.82, 2.24) is 29.6 Å². The van der Waals surface area contributed by atoms with E-state index in [0.29, 0.717) is 18.1 Å². The van der Waals surface area contributed by atoms with E-state index in [4.69, 9.17) is 4.99 Å². The number of aliphatic imine (C=N–C) groups is 1. The van der Waals surface area contributed by atoms with Gasteiger partial charge in [-0.25, -0.2) is 19.7 Å². The van der Waals surface area contributed by atoms with Crippen LogP contribution in [0.3, 0.4) is 0 Å². The van der Waals surface area contributed by atoms with Crippen LogP contribution < -0.4 is 0 Å². The molecule has 3 aliphatic rings. The Balaban J connectivity index is 1.59. The standard InChI is InChI=1S/C21H31N8O2S/c1-6-27-7-9-28(10-8-27)20-24-17-16(18(30)26(5)21(31)25(17)4)29(20)11-12-32-19-22-14(2)13-15(3)23-19/h13,16H,6-12H2,1-5H3/q+1. The number of carbonyl (C=O) groups is 2. The van der Waals surface area contributed by atoms with Crippen molar-refractivity contribution in [1.29, 1.82) is 0 Å². The molecule has 11 heteroatoms. The molecule has 2 saturated heterocycles. The van der Waals surface area contributed by atoms with Gasteiger partial charge in [-0.05, 0) is 26.5 Å². The molecular formula is C21H31N8O2S+. The van der Waals surface area contributed by atoms with Crippen molar-refractivity contribution in [2.45, 2.75) is 32.0 Å². The number of carbonyl (C=O) groups excluding carboxylic acids is 2. The summed E-state index contributed by atoms with van der Waals surface area (Å²) >= 11 is 1.57. The fraction of sp³-hybridized carbons (Fsp3) is 0.619. The predicted octanol–water partition coefficient (Wildman–Crippen LogP) is 0.496. The number of rotatable bonds is 5. The highest BCUT2D eigenvalue weighted by Gasteiger charge is 2.55. The van der Waals surface area contributed by atoms with Gasteiger partial charge in [-0.1, -0.05) is 23.7 Å². The molecule has 1 aromatic rings. The second-order valence-corrected chi connectivity index (χ2v) is 9.37. The molecule has 0 N–H and O–H groups in total. The maximum atomic E-state index is 13.1. The van der Waals surface area contributed by atoms with Gasteiger partial charge in [-0.2, -0.15) is 0 Å². The summed E-state index contributed by atoms with van der Waals surface area (Å²) in [6, 6.07) is 1.03. The van der Waals surface area contributed by atoms with Crippen LogP contribution >= 0.6 is 11.8 Å². The van der Waals surface area contributed by atoms with Gasteiger partial charge in [0.2, 0.25) is 11.9 Å². The lowest BCUT2D eigenvalue weighted by Crippen LogP contribution is -2.63. The maximum Gasteiger partial charge on any atom is 0.392 e. The van der Waals surface area contributed by atoms with Crippen molar-refractivity contribution in [2.24, 2.45) is 4.99 Å². The zero-order valence-corrected chi connectivity index (χ0v) is 20.2. The average Bonchev–Trinajstić information content (AvgIpc) is 3.15. The smallest absolute Gasteiger partial charge is 0.297 e. The Labute approximate surface area is 193 Å². The fourth-order valence-corrected chi connectivity index (χ4v) is 5.21. The number of imide groups is 1. The minimum atomic E-state index is -0.581. The molecule has 10 nitrogen and oxygen atoms in total. The van der Waals surface area contributed by atoms with Crippen LogP contribution in [-0.4, -0.2) is 123 Å². The van der Waals surface area contributed by atoms with E-state index in [1.807, 2.05) is 24.8 Å². The number of piperazine rings is 1. The highest BCUT2D eigenvalue weighted by Crippen LogP contribution is 2.24. The van der Waals surface area contributed by atoms with Crippen molar-refractivity contribution >= 4 is 35.5 Å². The fourth-order valence-electron chi connectivity index (χ4n) is 4.32. The van der Waals surface area contributed by atoms with Gasteiger partial charge in [0.25, 0.3) is 5.91 Å². The van der Waals surface area contributed by atoms with Crippen molar-refractivity contribution in [3.63, 3.8) is 0 Å². The van der Waals surface area contributed by atoms with Gasteiger partial charge >= 0.3 is 12.0 Å². The van der Waals surface area contributed by atoms with Gasteiger partial charge in [0.15, 0.2) is 5.16 Å². The zero-order valence-electron chi connectivity index (χ0n) is 19.4. The Morgan fingerprint density at radius 3 is 2.38 bits per heavy atom. The molecule has 1 atom stereocenters. The average molecular weight is 460 g/mol. The van der Waals surface area contributed by atoms with Crippen LogP contribution in [0.2, 0.25) is 0 Å². The van der Waals surface area contributed by atoms with E-state index < -0.39 is 6.04 Å². The van der Waals surface area contributed by atoms with Crippen LogP contribution in [0, 0.1) is 13.8 Å². The number of aryl methyl sites for hydroxylation is 2. The molecule has 32 heavy (non-hydrogen) atoms. The molecule has 4 heterocycles. The number of nitrogens with zero attached hydrogens (tertiary/aromatic N) is 8. The summed E-state index contributed by atoms with van der Waals surface area (Å²) in [5.74, 6) is 1.77. The largest absolute Gasteiger partial charge is 0.392 e. The summed E-state index contributed by atoms with van der Waals surface area (Å²) in [5, 5.41) is 0.736. The number of fused-ring (bicyclic) bond motifs is 1. The first-order valence-corrected chi connectivity index (χ1v) is 12.0. The SMILES string of the molecule is CCN1CC[N+](=C2N=C3C(C(=O)N(C)C(=O)N3C)N2CCSc2nc(C)cc(C)n2)CC1. The first kappa shape index (κ1) is 22.7. The second-order valence-electron chi connectivity index (χ2n) is 8.31. The zero-order chi connectivity index (χ0) is 23.0. The number of hydrogen-bond acceptors (Lipinski definition) is 6. The Morgan fingerprint density at radius 2 is 1.75 bits per heavy atom. The van der Waals surface area contributed by atoms with E-state index in [2.05, 4.69) is 26.4 Å². The Bertz CT molecular complexity index is 964. The maximum absolute atomic E-state index is 13.1. The third-order valence-electron chi connectivity index (χ3n) is 6.14. The van der Waals surface area contributed by atoms with Crippen LogP contribution in [0.25, 0.3) is 0 Å². The normalized spacial score (nSPS) is 22.1. The van der Waals surface area contributed by atoms with Gasteiger partial charge < -0.3 is 0 Å². The van der Waals surface area contributed by atoms with Gasteiger partial charge in [-0.15, -0.1) is 0 Å². The summed E-state index contributed by atoms with van der Waals surface area (Å²) in [5.41, 5.74) is 1.88. The van der Waals surface area contributed by atoms with E-state index in [1.54, 1.807) is 18.8 Å². The van der Waals surface area contributed by atoms with E-state index in [1.165, 1.54) is 16.8 Å². The molecule has 0 saturated carbocycles. The molecule has 4 rings (SSSR count). The quantitative estimate of drug-likeness (QED) is 0.360. The predicted molar refractivity (Wildman–Crippen MR) is 123 cm³/mol. The first-order chi connectivity index (χ1) is 15.3. The lowest BCUT2D eigenvalue weighted by atomic mass is 10.1. The van der Waals surface area contributed by atoms with E-state index in [9.17, 15) is 9.59 Å². The highest BCUT2D eigenvalue weighted by molar-refractivity contribution is 7.99. The number of likely N-dealkylation sites (N-methyl/N-ethyl adjacent to an activating group) is 3. The molecule has 1 aromatic heterocycles. The summed E-state index contributed by atoms with van der Waals surface area (Å²) in [6.45, 7) is 11.3. The molecule has 2 fully saturated rings. The minimum absolute atomic E-state index is 0.235. The Hall–Kier alpha value is -2.53. The summed E-state index contributed by atoms with van der Waals surface area (Å²) in [7, 11) is 3.22. The molecule has 0 bridgehead atoms. The molecule has 172 valence electrons. The number of amides is 3. The van der Waals surface area contributed by atoms with Crippen LogP contribution in [0.5, 0.6) is 0 Å². The number of urea groups is 1. The number of hydrogen-bond donors (Lipinski definition) is 0. The summed E-state index contributed by atoms with van der Waals surface area (Å²) in [6.07, 6.45) is 0. The van der Waals surface area contributed by atoms with Crippen LogP contribution in [0.4, 0.5) is 4.79 Å². The summed E-state index contributed by atoms with van der Waals surface area (Å²) in [4.78, 5) is 46.6. The van der Waals surface area contributed by atoms with Crippen LogP contribution in [0.15, 0.2) is 16.2 Å². The molecule has 0 radical (unpaired) electrons. The van der Waals surface area contributed by atoms with Gasteiger partial charge in [0.1, 0.15) is 0 Å². The third-order valence-corrected chi connectivity index (χ3v) is 6.96. The van der Waals surface area contributed by atoms with E-state index in [0.717, 1.165) is 55.2 Å². The third kappa shape index (κ3) is 4.23. The highest BCUT2D eigenvalue weighted by atomic mass is 32.2. The minimum Gasteiger partial charge on any atom is -0.297 e. The molecular weight excluding hydrogens is 428 g/mol. The van der Waals surface area contributed by atoms with Crippen LogP contribution in [-0.2, 0) is 4.79 Å². The number of amidine groups is 1. The molecule has 3 amide bonds. The molecule has 1 unspecified atom stereocenters. The summed E-state index contributed by atoms with van der Waals surface area (Å²) < 4.78 is 2.24. The lowest BCUT2D eigenvalue weighted by molar-refractivity contribution is -0.544. The molecule has 0 aromatic carbocycles. The molecule has 0 spiro atoms. The first-order valence-electron chi connectivity index (χ1n) is 11.0. The monoisotopic (exact) mass is 459 g/mol. The van der Waals surface area contributed by atoms with Gasteiger partial charge in [-0.3, -0.25) is 24.1 Å². The topological polar surface area (TPSA) is 88.3 Å². The molecule has 0 aliphatic carbocycles. The Morgan fingerprint density at radius 1 is 1.09 bits per heavy atom.